The highest BCUT2D eigenvalue weighted by molar-refractivity contribution is 6.32. The number of hydrogen-bond acceptors (Lipinski definition) is 2. The van der Waals surface area contributed by atoms with Crippen LogP contribution in [0.25, 0.3) is 10.9 Å². The van der Waals surface area contributed by atoms with Crippen molar-refractivity contribution >= 4 is 34.1 Å². The van der Waals surface area contributed by atoms with E-state index in [0.717, 1.165) is 16.5 Å². The molecule has 2 aromatic rings. The van der Waals surface area contributed by atoms with Gasteiger partial charge in [-0.3, -0.25) is 0 Å². The van der Waals surface area contributed by atoms with E-state index in [4.69, 9.17) is 28.5 Å². The number of nitrogens with zero attached hydrogens (tertiary/aromatic N) is 2. The molecule has 0 saturated carbocycles. The maximum Gasteiger partial charge on any atom is 0.147 e. The number of pyridine rings is 1. The van der Waals surface area contributed by atoms with Gasteiger partial charge in [0.1, 0.15) is 11.2 Å². The van der Waals surface area contributed by atoms with Crippen LogP contribution in [0, 0.1) is 18.3 Å². The zero-order valence-corrected chi connectivity index (χ0v) is 9.39. The van der Waals surface area contributed by atoms with Crippen molar-refractivity contribution in [3.63, 3.8) is 0 Å². The summed E-state index contributed by atoms with van der Waals surface area (Å²) in [4.78, 5) is 4.13. The molecule has 0 amide bonds. The number of benzene rings is 1. The number of fused-ring (bicyclic) bond motifs is 1. The Morgan fingerprint density at radius 2 is 2.00 bits per heavy atom. The topological polar surface area (TPSA) is 36.7 Å². The minimum atomic E-state index is 0.228. The van der Waals surface area contributed by atoms with Gasteiger partial charge in [-0.15, -0.1) is 0 Å². The van der Waals surface area contributed by atoms with E-state index in [1.807, 2.05) is 19.1 Å². The molecule has 1 heterocycles. The van der Waals surface area contributed by atoms with Gasteiger partial charge in [-0.1, -0.05) is 23.2 Å². The van der Waals surface area contributed by atoms with E-state index in [0.29, 0.717) is 10.6 Å². The Morgan fingerprint density at radius 3 is 2.67 bits per heavy atom. The second kappa shape index (κ2) is 3.69. The predicted octanol–water partition coefficient (Wildman–Crippen LogP) is 3.72. The Bertz CT molecular complexity index is 585. The minimum absolute atomic E-state index is 0.228. The van der Waals surface area contributed by atoms with Gasteiger partial charge in [0.25, 0.3) is 0 Å². The summed E-state index contributed by atoms with van der Waals surface area (Å²) in [6.07, 6.45) is 0. The molecule has 4 heteroatoms. The number of aryl methyl sites for hydroxylation is 1. The lowest BCUT2D eigenvalue weighted by atomic mass is 10.1. The molecule has 0 saturated heterocycles. The van der Waals surface area contributed by atoms with Gasteiger partial charge in [0, 0.05) is 10.4 Å². The van der Waals surface area contributed by atoms with Gasteiger partial charge in [0.05, 0.1) is 11.1 Å². The van der Waals surface area contributed by atoms with Crippen molar-refractivity contribution in [2.75, 3.05) is 0 Å². The summed E-state index contributed by atoms with van der Waals surface area (Å²) in [5.74, 6) is 0. The molecule has 2 nitrogen and oxygen atoms in total. The van der Waals surface area contributed by atoms with Gasteiger partial charge in [0.15, 0.2) is 0 Å². The average Bonchev–Trinajstić information content (AvgIpc) is 2.20. The first-order valence-corrected chi connectivity index (χ1v) is 5.04. The van der Waals surface area contributed by atoms with Crippen LogP contribution in [-0.4, -0.2) is 4.98 Å². The van der Waals surface area contributed by atoms with Gasteiger partial charge in [-0.2, -0.15) is 5.26 Å². The molecule has 0 aliphatic rings. The largest absolute Gasteiger partial charge is 0.235 e. The molecule has 0 aliphatic carbocycles. The highest BCUT2D eigenvalue weighted by Crippen LogP contribution is 2.25. The second-order valence-electron chi connectivity index (χ2n) is 3.23. The molecular weight excluding hydrogens is 231 g/mol. The van der Waals surface area contributed by atoms with E-state index < -0.39 is 0 Å². The Balaban J connectivity index is 2.84. The molecule has 1 aromatic heterocycles. The molecule has 0 aliphatic heterocycles. The van der Waals surface area contributed by atoms with Crippen LogP contribution in [0.4, 0.5) is 0 Å². The molecule has 0 radical (unpaired) electrons. The van der Waals surface area contributed by atoms with E-state index in [1.165, 1.54) is 0 Å². The van der Waals surface area contributed by atoms with Crippen molar-refractivity contribution in [2.45, 2.75) is 6.92 Å². The normalized spacial score (nSPS) is 10.3. The zero-order valence-electron chi connectivity index (χ0n) is 7.88. The molecular formula is C11H6Cl2N2. The summed E-state index contributed by atoms with van der Waals surface area (Å²) in [5.41, 5.74) is 2.06. The molecule has 15 heavy (non-hydrogen) atoms. The predicted molar refractivity (Wildman–Crippen MR) is 61.2 cm³/mol. The summed E-state index contributed by atoms with van der Waals surface area (Å²) in [5, 5.41) is 10.5. The summed E-state index contributed by atoms with van der Waals surface area (Å²) in [6, 6.07) is 7.31. The fourth-order valence-corrected chi connectivity index (χ4v) is 1.71. The van der Waals surface area contributed by atoms with Crippen molar-refractivity contribution in [1.29, 1.82) is 5.26 Å². The van der Waals surface area contributed by atoms with E-state index in [1.54, 1.807) is 12.1 Å². The molecule has 2 rings (SSSR count). The Labute approximate surface area is 97.1 Å². The van der Waals surface area contributed by atoms with Crippen molar-refractivity contribution in [3.8, 4) is 6.07 Å². The molecule has 0 atom stereocenters. The van der Waals surface area contributed by atoms with E-state index >= 15 is 0 Å². The van der Waals surface area contributed by atoms with Gasteiger partial charge in [0.2, 0.25) is 0 Å². The van der Waals surface area contributed by atoms with Crippen LogP contribution < -0.4 is 0 Å². The molecule has 0 fully saturated rings. The third kappa shape index (κ3) is 1.77. The monoisotopic (exact) mass is 236 g/mol. The Morgan fingerprint density at radius 1 is 1.27 bits per heavy atom. The van der Waals surface area contributed by atoms with E-state index in [-0.39, 0.29) is 5.15 Å². The maximum atomic E-state index is 8.79. The molecule has 0 N–H and O–H groups in total. The number of hydrogen-bond donors (Lipinski definition) is 0. The van der Waals surface area contributed by atoms with Crippen LogP contribution in [0.1, 0.15) is 11.1 Å². The van der Waals surface area contributed by atoms with Gasteiger partial charge < -0.3 is 0 Å². The highest BCUT2D eigenvalue weighted by Gasteiger charge is 2.06. The van der Waals surface area contributed by atoms with Crippen LogP contribution in [-0.2, 0) is 0 Å². The zero-order chi connectivity index (χ0) is 11.0. The first-order chi connectivity index (χ1) is 7.11. The highest BCUT2D eigenvalue weighted by atomic mass is 35.5. The summed E-state index contributed by atoms with van der Waals surface area (Å²) < 4.78 is 0. The second-order valence-corrected chi connectivity index (χ2v) is 4.00. The minimum Gasteiger partial charge on any atom is -0.235 e. The van der Waals surface area contributed by atoms with Crippen molar-refractivity contribution < 1.29 is 0 Å². The van der Waals surface area contributed by atoms with Crippen LogP contribution in [0.5, 0.6) is 0 Å². The standard InChI is InChI=1S/C11H6Cl2N2/c1-6-2-10-7(4-9(6)12)3-8(5-14)11(13)15-10/h2-4H,1H3. The van der Waals surface area contributed by atoms with Crippen molar-refractivity contribution in [1.82, 2.24) is 4.98 Å². The number of nitriles is 1. The van der Waals surface area contributed by atoms with Gasteiger partial charge in [-0.25, -0.2) is 4.98 Å². The summed E-state index contributed by atoms with van der Waals surface area (Å²) in [6.45, 7) is 1.90. The van der Waals surface area contributed by atoms with Gasteiger partial charge in [-0.05, 0) is 30.7 Å². The molecule has 0 bridgehead atoms. The van der Waals surface area contributed by atoms with Gasteiger partial charge >= 0.3 is 0 Å². The molecule has 74 valence electrons. The summed E-state index contributed by atoms with van der Waals surface area (Å²) >= 11 is 11.8. The Hall–Kier alpha value is -1.30. The fourth-order valence-electron chi connectivity index (χ4n) is 1.35. The molecule has 1 aromatic carbocycles. The third-order valence-corrected chi connectivity index (χ3v) is 2.86. The van der Waals surface area contributed by atoms with Crippen molar-refractivity contribution in [2.24, 2.45) is 0 Å². The van der Waals surface area contributed by atoms with E-state index in [2.05, 4.69) is 4.98 Å². The van der Waals surface area contributed by atoms with Crippen LogP contribution in [0.2, 0.25) is 10.2 Å². The summed E-state index contributed by atoms with van der Waals surface area (Å²) in [7, 11) is 0. The smallest absolute Gasteiger partial charge is 0.147 e. The number of aromatic nitrogens is 1. The molecule has 0 spiro atoms. The fraction of sp³-hybridized carbons (Fsp3) is 0.0909. The average molecular weight is 237 g/mol. The first kappa shape index (κ1) is 10.2. The lowest BCUT2D eigenvalue weighted by Gasteiger charge is -2.03. The van der Waals surface area contributed by atoms with Crippen molar-refractivity contribution in [3.05, 3.63) is 39.5 Å². The van der Waals surface area contributed by atoms with Crippen LogP contribution in [0.15, 0.2) is 18.2 Å². The Kier molecular flexibility index (Phi) is 2.52. The quantitative estimate of drug-likeness (QED) is 0.654. The number of rotatable bonds is 0. The van der Waals surface area contributed by atoms with Crippen LogP contribution in [0.3, 0.4) is 0 Å². The molecule has 0 unspecified atom stereocenters. The van der Waals surface area contributed by atoms with Crippen LogP contribution >= 0.6 is 23.2 Å². The lowest BCUT2D eigenvalue weighted by Crippen LogP contribution is -1.87. The third-order valence-electron chi connectivity index (χ3n) is 2.17. The number of halogens is 2. The first-order valence-electron chi connectivity index (χ1n) is 4.28. The van der Waals surface area contributed by atoms with E-state index in [9.17, 15) is 0 Å². The maximum absolute atomic E-state index is 8.79. The SMILES string of the molecule is Cc1cc2nc(Cl)c(C#N)cc2cc1Cl. The lowest BCUT2D eigenvalue weighted by molar-refractivity contribution is 1.36.